The van der Waals surface area contributed by atoms with Crippen LogP contribution in [0.25, 0.3) is 10.9 Å². The zero-order valence-electron chi connectivity index (χ0n) is 9.60. The summed E-state index contributed by atoms with van der Waals surface area (Å²) in [6.07, 6.45) is 3.34. The van der Waals surface area contributed by atoms with Gasteiger partial charge in [-0.05, 0) is 37.1 Å². The van der Waals surface area contributed by atoms with Gasteiger partial charge < -0.3 is 4.90 Å². The van der Waals surface area contributed by atoms with E-state index in [1.807, 2.05) is 12.1 Å². The number of rotatable bonds is 2. The third-order valence-electron chi connectivity index (χ3n) is 3.29. The normalized spacial score (nSPS) is 15.4. The van der Waals surface area contributed by atoms with Crippen molar-refractivity contribution >= 4 is 22.9 Å². The van der Waals surface area contributed by atoms with Gasteiger partial charge in [-0.3, -0.25) is 4.79 Å². The minimum absolute atomic E-state index is 0.492. The molecule has 3 nitrogen and oxygen atoms in total. The van der Waals surface area contributed by atoms with Crippen LogP contribution in [-0.4, -0.2) is 24.4 Å². The fourth-order valence-electron chi connectivity index (χ4n) is 2.37. The van der Waals surface area contributed by atoms with Gasteiger partial charge in [-0.2, -0.15) is 0 Å². The quantitative estimate of drug-likeness (QED) is 0.738. The Hall–Kier alpha value is -1.90. The summed E-state index contributed by atoms with van der Waals surface area (Å²) in [5.41, 5.74) is 2.64. The second-order valence-corrected chi connectivity index (χ2v) is 4.43. The molecular weight excluding hydrogens is 212 g/mol. The average Bonchev–Trinajstić information content (AvgIpc) is 2.91. The number of pyridine rings is 1. The first kappa shape index (κ1) is 10.3. The number of carbonyl (C=O) groups is 1. The van der Waals surface area contributed by atoms with Crippen LogP contribution < -0.4 is 4.90 Å². The molecule has 1 fully saturated rings. The molecule has 0 unspecified atom stereocenters. The maximum absolute atomic E-state index is 10.7. The third kappa shape index (κ3) is 1.88. The summed E-state index contributed by atoms with van der Waals surface area (Å²) in [4.78, 5) is 17.3. The number of aldehydes is 1. The SMILES string of the molecule is O=Cc1ccc2cc(N3CCCC3)ccc2n1. The van der Waals surface area contributed by atoms with E-state index in [1.54, 1.807) is 6.07 Å². The molecule has 0 radical (unpaired) electrons. The van der Waals surface area contributed by atoms with Gasteiger partial charge in [0, 0.05) is 24.2 Å². The number of carbonyl (C=O) groups excluding carboxylic acids is 1. The number of hydrogen-bond acceptors (Lipinski definition) is 3. The molecule has 0 amide bonds. The Bertz CT molecular complexity index is 559. The molecule has 86 valence electrons. The Balaban J connectivity index is 2.03. The van der Waals surface area contributed by atoms with E-state index in [0.29, 0.717) is 5.69 Å². The first-order valence-corrected chi connectivity index (χ1v) is 5.98. The second-order valence-electron chi connectivity index (χ2n) is 4.43. The van der Waals surface area contributed by atoms with Gasteiger partial charge in [-0.25, -0.2) is 4.98 Å². The summed E-state index contributed by atoms with van der Waals surface area (Å²) < 4.78 is 0. The lowest BCUT2D eigenvalue weighted by Crippen LogP contribution is -2.17. The van der Waals surface area contributed by atoms with Crippen LogP contribution in [0.15, 0.2) is 30.3 Å². The summed E-state index contributed by atoms with van der Waals surface area (Å²) in [5.74, 6) is 0. The Morgan fingerprint density at radius 2 is 1.94 bits per heavy atom. The van der Waals surface area contributed by atoms with Gasteiger partial charge >= 0.3 is 0 Å². The largest absolute Gasteiger partial charge is 0.372 e. The van der Waals surface area contributed by atoms with E-state index in [4.69, 9.17) is 0 Å². The first-order chi connectivity index (χ1) is 8.36. The molecule has 3 rings (SSSR count). The highest BCUT2D eigenvalue weighted by Gasteiger charge is 2.12. The van der Waals surface area contributed by atoms with Crippen LogP contribution in [0.5, 0.6) is 0 Å². The van der Waals surface area contributed by atoms with Gasteiger partial charge in [-0.1, -0.05) is 6.07 Å². The smallest absolute Gasteiger partial charge is 0.168 e. The van der Waals surface area contributed by atoms with Crippen LogP contribution >= 0.6 is 0 Å². The molecule has 0 atom stereocenters. The number of hydrogen-bond donors (Lipinski definition) is 0. The molecule has 1 aliphatic rings. The van der Waals surface area contributed by atoms with Crippen LogP contribution in [0.4, 0.5) is 5.69 Å². The third-order valence-corrected chi connectivity index (χ3v) is 3.29. The van der Waals surface area contributed by atoms with E-state index in [0.717, 1.165) is 30.3 Å². The summed E-state index contributed by atoms with van der Waals surface area (Å²) in [6.45, 7) is 2.29. The zero-order chi connectivity index (χ0) is 11.7. The van der Waals surface area contributed by atoms with Gasteiger partial charge in [0.1, 0.15) is 5.69 Å². The zero-order valence-corrected chi connectivity index (χ0v) is 9.60. The van der Waals surface area contributed by atoms with Crippen molar-refractivity contribution < 1.29 is 4.79 Å². The summed E-state index contributed by atoms with van der Waals surface area (Å²) in [6, 6.07) is 9.97. The van der Waals surface area contributed by atoms with Gasteiger partial charge in [0.05, 0.1) is 5.52 Å². The number of fused-ring (bicyclic) bond motifs is 1. The molecule has 0 N–H and O–H groups in total. The Morgan fingerprint density at radius 1 is 1.12 bits per heavy atom. The Labute approximate surface area is 100 Å². The maximum atomic E-state index is 10.7. The van der Waals surface area contributed by atoms with E-state index < -0.39 is 0 Å². The standard InChI is InChI=1S/C14H14N2O/c17-10-12-4-3-11-9-13(5-6-14(11)15-12)16-7-1-2-8-16/h3-6,9-10H,1-2,7-8H2. The summed E-state index contributed by atoms with van der Waals surface area (Å²) in [5, 5.41) is 1.10. The van der Waals surface area contributed by atoms with E-state index in [-0.39, 0.29) is 0 Å². The van der Waals surface area contributed by atoms with Gasteiger partial charge in [0.25, 0.3) is 0 Å². The van der Waals surface area contributed by atoms with Crippen LogP contribution in [0, 0.1) is 0 Å². The highest BCUT2D eigenvalue weighted by Crippen LogP contribution is 2.24. The minimum atomic E-state index is 0.492. The van der Waals surface area contributed by atoms with E-state index >= 15 is 0 Å². The fourth-order valence-corrected chi connectivity index (χ4v) is 2.37. The number of nitrogens with zero attached hydrogens (tertiary/aromatic N) is 2. The molecule has 2 aromatic rings. The molecule has 3 heteroatoms. The lowest BCUT2D eigenvalue weighted by atomic mass is 10.1. The molecule has 0 saturated carbocycles. The van der Waals surface area contributed by atoms with Crippen molar-refractivity contribution in [1.29, 1.82) is 0 Å². The lowest BCUT2D eigenvalue weighted by Gasteiger charge is -2.17. The second kappa shape index (κ2) is 4.17. The molecule has 2 heterocycles. The molecular formula is C14H14N2O. The molecule has 0 bridgehead atoms. The highest BCUT2D eigenvalue weighted by atomic mass is 16.1. The van der Waals surface area contributed by atoms with Crippen molar-refractivity contribution in [2.75, 3.05) is 18.0 Å². The molecule has 0 aliphatic carbocycles. The molecule has 1 aliphatic heterocycles. The molecule has 1 aromatic heterocycles. The van der Waals surface area contributed by atoms with Crippen LogP contribution in [0.2, 0.25) is 0 Å². The van der Waals surface area contributed by atoms with Crippen molar-refractivity contribution in [2.45, 2.75) is 12.8 Å². The number of aromatic nitrogens is 1. The van der Waals surface area contributed by atoms with E-state index in [2.05, 4.69) is 22.0 Å². The average molecular weight is 226 g/mol. The van der Waals surface area contributed by atoms with Crippen molar-refractivity contribution in [3.8, 4) is 0 Å². The predicted octanol–water partition coefficient (Wildman–Crippen LogP) is 2.65. The van der Waals surface area contributed by atoms with Crippen LogP contribution in [0.3, 0.4) is 0 Å². The first-order valence-electron chi connectivity index (χ1n) is 5.98. The highest BCUT2D eigenvalue weighted by molar-refractivity contribution is 5.86. The van der Waals surface area contributed by atoms with Crippen molar-refractivity contribution in [2.24, 2.45) is 0 Å². The predicted molar refractivity (Wildman–Crippen MR) is 68.6 cm³/mol. The Kier molecular flexibility index (Phi) is 2.52. The van der Waals surface area contributed by atoms with Crippen molar-refractivity contribution in [3.63, 3.8) is 0 Å². The van der Waals surface area contributed by atoms with E-state index in [9.17, 15) is 4.79 Å². The van der Waals surface area contributed by atoms with Crippen LogP contribution in [0.1, 0.15) is 23.3 Å². The van der Waals surface area contributed by atoms with Gasteiger partial charge in [-0.15, -0.1) is 0 Å². The monoisotopic (exact) mass is 226 g/mol. The van der Waals surface area contributed by atoms with Crippen molar-refractivity contribution in [1.82, 2.24) is 4.98 Å². The topological polar surface area (TPSA) is 33.2 Å². The van der Waals surface area contributed by atoms with Crippen molar-refractivity contribution in [3.05, 3.63) is 36.0 Å². The maximum Gasteiger partial charge on any atom is 0.168 e. The fraction of sp³-hybridized carbons (Fsp3) is 0.286. The summed E-state index contributed by atoms with van der Waals surface area (Å²) >= 11 is 0. The van der Waals surface area contributed by atoms with Crippen LogP contribution in [-0.2, 0) is 0 Å². The van der Waals surface area contributed by atoms with E-state index in [1.165, 1.54) is 18.5 Å². The molecule has 0 spiro atoms. The number of anilines is 1. The minimum Gasteiger partial charge on any atom is -0.372 e. The lowest BCUT2D eigenvalue weighted by molar-refractivity contribution is 0.111. The van der Waals surface area contributed by atoms with Gasteiger partial charge in [0.2, 0.25) is 0 Å². The molecule has 1 saturated heterocycles. The summed E-state index contributed by atoms with van der Waals surface area (Å²) in [7, 11) is 0. The molecule has 17 heavy (non-hydrogen) atoms. The number of benzene rings is 1. The molecule has 1 aromatic carbocycles. The Morgan fingerprint density at radius 3 is 2.71 bits per heavy atom. The van der Waals surface area contributed by atoms with Gasteiger partial charge in [0.15, 0.2) is 6.29 Å².